The zero-order valence-corrected chi connectivity index (χ0v) is 11.1. The first-order chi connectivity index (χ1) is 9.20. The van der Waals surface area contributed by atoms with Crippen molar-refractivity contribution in [3.63, 3.8) is 0 Å². The first-order valence-electron chi connectivity index (χ1n) is 6.33. The molecule has 98 valence electrons. The highest BCUT2D eigenvalue weighted by atomic mass is 15.0. The first-order valence-corrected chi connectivity index (χ1v) is 6.33. The molecule has 0 spiro atoms. The SMILES string of the molecule is Cc1nc2cc(C(CN)c3ncc[nH]3)ccc2n1C. The maximum Gasteiger partial charge on any atom is 0.114 e. The number of benzene rings is 1. The van der Waals surface area contributed by atoms with Crippen LogP contribution in [0.2, 0.25) is 0 Å². The average Bonchev–Trinajstić information content (AvgIpc) is 3.01. The standard InChI is InChI=1S/C14H17N5/c1-9-18-12-7-10(3-4-13(12)19(9)2)11(8-15)14-16-5-6-17-14/h3-7,11H,8,15H2,1-2H3,(H,16,17). The van der Waals surface area contributed by atoms with Crippen LogP contribution in [0.4, 0.5) is 0 Å². The molecule has 0 radical (unpaired) electrons. The van der Waals surface area contributed by atoms with Gasteiger partial charge in [-0.05, 0) is 24.6 Å². The summed E-state index contributed by atoms with van der Waals surface area (Å²) in [5.74, 6) is 1.99. The molecule has 3 aromatic rings. The Kier molecular flexibility index (Phi) is 2.83. The molecule has 0 saturated heterocycles. The fourth-order valence-electron chi connectivity index (χ4n) is 2.43. The van der Waals surface area contributed by atoms with Gasteiger partial charge in [0.15, 0.2) is 0 Å². The van der Waals surface area contributed by atoms with Crippen LogP contribution in [0.3, 0.4) is 0 Å². The van der Waals surface area contributed by atoms with Gasteiger partial charge in [0, 0.05) is 26.0 Å². The Balaban J connectivity index is 2.09. The number of nitrogens with zero attached hydrogens (tertiary/aromatic N) is 3. The van der Waals surface area contributed by atoms with Gasteiger partial charge >= 0.3 is 0 Å². The third kappa shape index (κ3) is 1.92. The van der Waals surface area contributed by atoms with Gasteiger partial charge in [-0.3, -0.25) is 0 Å². The summed E-state index contributed by atoms with van der Waals surface area (Å²) in [5, 5.41) is 0. The summed E-state index contributed by atoms with van der Waals surface area (Å²) in [6.07, 6.45) is 3.57. The van der Waals surface area contributed by atoms with Crippen molar-refractivity contribution in [1.82, 2.24) is 19.5 Å². The van der Waals surface area contributed by atoms with Crippen LogP contribution in [0.25, 0.3) is 11.0 Å². The lowest BCUT2D eigenvalue weighted by Gasteiger charge is -2.12. The minimum Gasteiger partial charge on any atom is -0.348 e. The molecule has 0 aliphatic heterocycles. The van der Waals surface area contributed by atoms with Crippen molar-refractivity contribution in [2.24, 2.45) is 12.8 Å². The number of nitrogens with one attached hydrogen (secondary N) is 1. The summed E-state index contributed by atoms with van der Waals surface area (Å²) in [6.45, 7) is 2.53. The van der Waals surface area contributed by atoms with E-state index in [1.807, 2.05) is 20.2 Å². The van der Waals surface area contributed by atoms with E-state index >= 15 is 0 Å². The van der Waals surface area contributed by atoms with E-state index in [1.54, 1.807) is 6.20 Å². The Morgan fingerprint density at radius 1 is 1.42 bits per heavy atom. The molecular weight excluding hydrogens is 238 g/mol. The molecule has 1 aromatic carbocycles. The van der Waals surface area contributed by atoms with E-state index in [1.165, 1.54) is 0 Å². The number of aromatic amines is 1. The lowest BCUT2D eigenvalue weighted by Crippen LogP contribution is -2.15. The molecule has 5 nitrogen and oxygen atoms in total. The van der Waals surface area contributed by atoms with Crippen LogP contribution >= 0.6 is 0 Å². The maximum absolute atomic E-state index is 5.89. The molecule has 1 unspecified atom stereocenters. The quantitative estimate of drug-likeness (QED) is 0.748. The van der Waals surface area contributed by atoms with Crippen LogP contribution in [0.15, 0.2) is 30.6 Å². The van der Waals surface area contributed by atoms with E-state index in [0.29, 0.717) is 6.54 Å². The Morgan fingerprint density at radius 2 is 2.26 bits per heavy atom. The molecule has 5 heteroatoms. The van der Waals surface area contributed by atoms with E-state index in [4.69, 9.17) is 5.73 Å². The fourth-order valence-corrected chi connectivity index (χ4v) is 2.43. The Morgan fingerprint density at radius 3 is 2.95 bits per heavy atom. The van der Waals surface area contributed by atoms with Crippen LogP contribution in [0.5, 0.6) is 0 Å². The summed E-state index contributed by atoms with van der Waals surface area (Å²) >= 11 is 0. The van der Waals surface area contributed by atoms with E-state index in [-0.39, 0.29) is 5.92 Å². The number of imidazole rings is 2. The van der Waals surface area contributed by atoms with Gasteiger partial charge in [-0.15, -0.1) is 0 Å². The number of hydrogen-bond donors (Lipinski definition) is 2. The monoisotopic (exact) mass is 255 g/mol. The van der Waals surface area contributed by atoms with Crippen molar-refractivity contribution < 1.29 is 0 Å². The van der Waals surface area contributed by atoms with E-state index < -0.39 is 0 Å². The van der Waals surface area contributed by atoms with Crippen molar-refractivity contribution in [2.75, 3.05) is 6.54 Å². The second-order valence-corrected chi connectivity index (χ2v) is 4.73. The van der Waals surface area contributed by atoms with Gasteiger partial charge < -0.3 is 15.3 Å². The van der Waals surface area contributed by atoms with Crippen molar-refractivity contribution in [3.05, 3.63) is 47.8 Å². The molecule has 0 saturated carbocycles. The van der Waals surface area contributed by atoms with E-state index in [2.05, 4.69) is 37.7 Å². The number of aryl methyl sites for hydroxylation is 2. The largest absolute Gasteiger partial charge is 0.348 e. The second kappa shape index (κ2) is 4.51. The highest BCUT2D eigenvalue weighted by Gasteiger charge is 2.16. The smallest absolute Gasteiger partial charge is 0.114 e. The minimum atomic E-state index is 0.0849. The van der Waals surface area contributed by atoms with Gasteiger partial charge in [0.05, 0.1) is 17.0 Å². The number of H-pyrrole nitrogens is 1. The summed E-state index contributed by atoms with van der Waals surface area (Å²) in [7, 11) is 2.03. The molecular formula is C14H17N5. The molecule has 2 aromatic heterocycles. The molecule has 0 aliphatic rings. The number of rotatable bonds is 3. The molecule has 3 rings (SSSR count). The highest BCUT2D eigenvalue weighted by molar-refractivity contribution is 5.77. The molecule has 2 heterocycles. The number of aromatic nitrogens is 4. The van der Waals surface area contributed by atoms with E-state index in [9.17, 15) is 0 Å². The molecule has 19 heavy (non-hydrogen) atoms. The van der Waals surface area contributed by atoms with Crippen LogP contribution in [0.1, 0.15) is 23.1 Å². The van der Waals surface area contributed by atoms with Crippen LogP contribution in [0, 0.1) is 6.92 Å². The topological polar surface area (TPSA) is 72.5 Å². The third-order valence-electron chi connectivity index (χ3n) is 3.62. The molecule has 1 atom stereocenters. The first kappa shape index (κ1) is 11.9. The van der Waals surface area contributed by atoms with Gasteiger partial charge in [-0.2, -0.15) is 0 Å². The average molecular weight is 255 g/mol. The molecule has 0 amide bonds. The van der Waals surface area contributed by atoms with Gasteiger partial charge in [0.25, 0.3) is 0 Å². The zero-order valence-electron chi connectivity index (χ0n) is 11.1. The number of nitrogens with two attached hydrogens (primary N) is 1. The van der Waals surface area contributed by atoms with Crippen LogP contribution < -0.4 is 5.73 Å². The van der Waals surface area contributed by atoms with Crippen molar-refractivity contribution in [3.8, 4) is 0 Å². The molecule has 0 bridgehead atoms. The highest BCUT2D eigenvalue weighted by Crippen LogP contribution is 2.24. The van der Waals surface area contributed by atoms with Gasteiger partial charge in [0.1, 0.15) is 11.6 Å². The maximum atomic E-state index is 5.89. The Hall–Kier alpha value is -2.14. The minimum absolute atomic E-state index is 0.0849. The fraction of sp³-hybridized carbons (Fsp3) is 0.286. The predicted octanol–water partition coefficient (Wildman–Crippen LogP) is 1.70. The summed E-state index contributed by atoms with van der Waals surface area (Å²) < 4.78 is 2.09. The third-order valence-corrected chi connectivity index (χ3v) is 3.62. The lowest BCUT2D eigenvalue weighted by molar-refractivity contribution is 0.766. The number of fused-ring (bicyclic) bond motifs is 1. The Bertz CT molecular complexity index is 696. The zero-order chi connectivity index (χ0) is 13.4. The normalized spacial score (nSPS) is 13.0. The number of hydrogen-bond acceptors (Lipinski definition) is 3. The van der Waals surface area contributed by atoms with Gasteiger partial charge in [-0.25, -0.2) is 9.97 Å². The second-order valence-electron chi connectivity index (χ2n) is 4.73. The van der Waals surface area contributed by atoms with Crippen molar-refractivity contribution >= 4 is 11.0 Å². The van der Waals surface area contributed by atoms with Crippen LogP contribution in [-0.2, 0) is 7.05 Å². The Labute approximate surface area is 111 Å². The summed E-state index contributed by atoms with van der Waals surface area (Å²) in [5.41, 5.74) is 9.17. The summed E-state index contributed by atoms with van der Waals surface area (Å²) in [4.78, 5) is 12.0. The van der Waals surface area contributed by atoms with Crippen molar-refractivity contribution in [2.45, 2.75) is 12.8 Å². The van der Waals surface area contributed by atoms with Crippen molar-refractivity contribution in [1.29, 1.82) is 0 Å². The van der Waals surface area contributed by atoms with E-state index in [0.717, 1.165) is 28.2 Å². The van der Waals surface area contributed by atoms with Gasteiger partial charge in [0.2, 0.25) is 0 Å². The predicted molar refractivity (Wildman–Crippen MR) is 74.9 cm³/mol. The summed E-state index contributed by atoms with van der Waals surface area (Å²) in [6, 6.07) is 6.29. The van der Waals surface area contributed by atoms with Crippen LogP contribution in [-0.4, -0.2) is 26.1 Å². The molecule has 3 N–H and O–H groups in total. The lowest BCUT2D eigenvalue weighted by atomic mass is 9.98. The molecule has 0 aliphatic carbocycles. The van der Waals surface area contributed by atoms with Gasteiger partial charge in [-0.1, -0.05) is 6.07 Å². The molecule has 0 fully saturated rings.